The second-order valence-corrected chi connectivity index (χ2v) is 8.65. The van der Waals surface area contributed by atoms with E-state index in [1.165, 1.54) is 12.1 Å². The smallest absolute Gasteiger partial charge is 0.250 e. The van der Waals surface area contributed by atoms with Crippen molar-refractivity contribution in [1.82, 2.24) is 15.0 Å². The van der Waals surface area contributed by atoms with Crippen molar-refractivity contribution in [3.8, 4) is 11.5 Å². The number of ether oxygens (including phenoxy) is 4. The topological polar surface area (TPSA) is 106 Å². The van der Waals surface area contributed by atoms with E-state index in [0.717, 1.165) is 11.1 Å². The Bertz CT molecular complexity index is 1200. The Morgan fingerprint density at radius 3 is 2.13 bits per heavy atom. The molecule has 200 valence electrons. The lowest BCUT2D eigenvalue weighted by atomic mass is 10.2. The van der Waals surface area contributed by atoms with Crippen LogP contribution in [0.4, 0.5) is 22.2 Å². The van der Waals surface area contributed by atoms with Crippen LogP contribution in [0.15, 0.2) is 47.6 Å². The molecule has 1 aromatic heterocycles. The van der Waals surface area contributed by atoms with E-state index < -0.39 is 0 Å². The third-order valence-corrected chi connectivity index (χ3v) is 6.07. The molecule has 0 atom stereocenters. The highest BCUT2D eigenvalue weighted by molar-refractivity contribution is 5.81. The van der Waals surface area contributed by atoms with Crippen molar-refractivity contribution in [2.75, 3.05) is 74.9 Å². The van der Waals surface area contributed by atoms with Crippen LogP contribution >= 0.6 is 0 Å². The maximum absolute atomic E-state index is 13.1. The van der Waals surface area contributed by atoms with Gasteiger partial charge in [-0.25, -0.2) is 9.82 Å². The second kappa shape index (κ2) is 12.5. The average molecular weight is 524 g/mol. The molecule has 2 aliphatic heterocycles. The van der Waals surface area contributed by atoms with Gasteiger partial charge in [-0.2, -0.15) is 20.1 Å². The van der Waals surface area contributed by atoms with E-state index >= 15 is 0 Å². The number of morpholine rings is 2. The van der Waals surface area contributed by atoms with Gasteiger partial charge in [-0.1, -0.05) is 12.1 Å². The van der Waals surface area contributed by atoms with Crippen LogP contribution in [0.5, 0.6) is 11.5 Å². The summed E-state index contributed by atoms with van der Waals surface area (Å²) in [5, 5.41) is 4.35. The molecule has 3 aromatic rings. The number of aromatic nitrogens is 3. The number of benzene rings is 2. The molecule has 0 spiro atoms. The van der Waals surface area contributed by atoms with Gasteiger partial charge in [0.15, 0.2) is 11.5 Å². The van der Waals surface area contributed by atoms with Crippen molar-refractivity contribution < 1.29 is 23.3 Å². The fourth-order valence-electron chi connectivity index (χ4n) is 4.00. The first kappa shape index (κ1) is 25.6. The largest absolute Gasteiger partial charge is 0.493 e. The number of nitrogens with one attached hydrogen (secondary N) is 1. The van der Waals surface area contributed by atoms with Gasteiger partial charge in [-0.3, -0.25) is 0 Å². The summed E-state index contributed by atoms with van der Waals surface area (Å²) in [6, 6.07) is 11.7. The van der Waals surface area contributed by atoms with Gasteiger partial charge >= 0.3 is 0 Å². The third kappa shape index (κ3) is 6.64. The van der Waals surface area contributed by atoms with E-state index in [-0.39, 0.29) is 5.82 Å². The Kier molecular flexibility index (Phi) is 8.41. The number of halogens is 1. The number of hydrogen-bond donors (Lipinski definition) is 1. The zero-order valence-corrected chi connectivity index (χ0v) is 21.2. The molecule has 0 aliphatic carbocycles. The quantitative estimate of drug-likeness (QED) is 0.332. The molecule has 12 heteroatoms. The number of rotatable bonds is 9. The molecule has 2 aromatic carbocycles. The highest BCUT2D eigenvalue weighted by atomic mass is 19.1. The number of nitrogens with zero attached hydrogens (tertiary/aromatic N) is 6. The SMILES string of the molecule is COc1cc(/C=N\Nc2nc(N3CCOCC3)nc(N3CCOCC3)n2)ccc1OCc1ccc(F)cc1. The van der Waals surface area contributed by atoms with Crippen molar-refractivity contribution in [3.63, 3.8) is 0 Å². The van der Waals surface area contributed by atoms with E-state index in [0.29, 0.717) is 88.6 Å². The van der Waals surface area contributed by atoms with Gasteiger partial charge in [0, 0.05) is 26.2 Å². The lowest BCUT2D eigenvalue weighted by Gasteiger charge is -2.30. The molecule has 2 fully saturated rings. The maximum atomic E-state index is 13.1. The summed E-state index contributed by atoms with van der Waals surface area (Å²) in [5.74, 6) is 2.38. The van der Waals surface area contributed by atoms with Crippen molar-refractivity contribution in [3.05, 3.63) is 59.4 Å². The lowest BCUT2D eigenvalue weighted by Crippen LogP contribution is -2.40. The number of hydrogen-bond acceptors (Lipinski definition) is 11. The molecule has 0 amide bonds. The third-order valence-electron chi connectivity index (χ3n) is 6.07. The molecule has 11 nitrogen and oxygen atoms in total. The van der Waals surface area contributed by atoms with Crippen LogP contribution < -0.4 is 24.7 Å². The zero-order valence-electron chi connectivity index (χ0n) is 21.2. The van der Waals surface area contributed by atoms with E-state index in [2.05, 4.69) is 30.3 Å². The van der Waals surface area contributed by atoms with E-state index in [9.17, 15) is 4.39 Å². The predicted octanol–water partition coefficient (Wildman–Crippen LogP) is 2.72. The minimum atomic E-state index is -0.282. The molecule has 5 rings (SSSR count). The first-order chi connectivity index (χ1) is 18.7. The average Bonchev–Trinajstić information content (AvgIpc) is 2.98. The molecule has 0 bridgehead atoms. The molecular weight excluding hydrogens is 493 g/mol. The van der Waals surface area contributed by atoms with Gasteiger partial charge < -0.3 is 28.7 Å². The molecular formula is C26H30FN7O4. The first-order valence-electron chi connectivity index (χ1n) is 12.4. The highest BCUT2D eigenvalue weighted by Gasteiger charge is 2.20. The number of methoxy groups -OCH3 is 1. The minimum Gasteiger partial charge on any atom is -0.493 e. The summed E-state index contributed by atoms with van der Waals surface area (Å²) in [7, 11) is 1.57. The van der Waals surface area contributed by atoms with Crippen LogP contribution in [0.3, 0.4) is 0 Å². The summed E-state index contributed by atoms with van der Waals surface area (Å²) >= 11 is 0. The van der Waals surface area contributed by atoms with Gasteiger partial charge in [-0.05, 0) is 41.5 Å². The van der Waals surface area contributed by atoms with Gasteiger partial charge in [0.05, 0.1) is 39.8 Å². The Morgan fingerprint density at radius 2 is 1.53 bits per heavy atom. The number of anilines is 3. The van der Waals surface area contributed by atoms with Crippen LogP contribution in [0.1, 0.15) is 11.1 Å². The van der Waals surface area contributed by atoms with E-state index in [4.69, 9.17) is 23.9 Å². The number of hydrazone groups is 1. The molecule has 0 unspecified atom stereocenters. The Morgan fingerprint density at radius 1 is 0.895 bits per heavy atom. The van der Waals surface area contributed by atoms with Gasteiger partial charge in [0.25, 0.3) is 0 Å². The fraction of sp³-hybridized carbons (Fsp3) is 0.385. The standard InChI is InChI=1S/C26H30FN7O4/c1-35-23-16-20(4-7-22(23)38-18-19-2-5-21(27)6-3-19)17-28-32-24-29-25(33-8-12-36-13-9-33)31-26(30-24)34-10-14-37-15-11-34/h2-7,16-17H,8-15,18H2,1H3,(H,29,30,31,32)/b28-17-. The predicted molar refractivity (Wildman–Crippen MR) is 141 cm³/mol. The van der Waals surface area contributed by atoms with Crippen molar-refractivity contribution in [2.45, 2.75) is 6.61 Å². The summed E-state index contributed by atoms with van der Waals surface area (Å²) in [6.07, 6.45) is 1.65. The van der Waals surface area contributed by atoms with Crippen molar-refractivity contribution in [1.29, 1.82) is 0 Å². The highest BCUT2D eigenvalue weighted by Crippen LogP contribution is 2.28. The molecule has 1 N–H and O–H groups in total. The van der Waals surface area contributed by atoms with E-state index in [1.54, 1.807) is 31.5 Å². The van der Waals surface area contributed by atoms with Crippen LogP contribution in [-0.4, -0.2) is 80.9 Å². The van der Waals surface area contributed by atoms with Crippen LogP contribution in [-0.2, 0) is 16.1 Å². The molecule has 38 heavy (non-hydrogen) atoms. The monoisotopic (exact) mass is 523 g/mol. The van der Waals surface area contributed by atoms with Gasteiger partial charge in [0.2, 0.25) is 17.8 Å². The van der Waals surface area contributed by atoms with Crippen LogP contribution in [0, 0.1) is 5.82 Å². The van der Waals surface area contributed by atoms with E-state index in [1.807, 2.05) is 12.1 Å². The summed E-state index contributed by atoms with van der Waals surface area (Å²) in [6.45, 7) is 5.66. The molecule has 3 heterocycles. The Hall–Kier alpha value is -4.03. The van der Waals surface area contributed by atoms with Gasteiger partial charge in [0.1, 0.15) is 12.4 Å². The molecule has 2 saturated heterocycles. The minimum absolute atomic E-state index is 0.282. The zero-order chi connectivity index (χ0) is 26.2. The summed E-state index contributed by atoms with van der Waals surface area (Å²) in [4.78, 5) is 18.0. The Balaban J connectivity index is 1.28. The maximum Gasteiger partial charge on any atom is 0.250 e. The first-order valence-corrected chi connectivity index (χ1v) is 12.4. The molecule has 0 radical (unpaired) electrons. The van der Waals surface area contributed by atoms with Crippen LogP contribution in [0.2, 0.25) is 0 Å². The molecule has 0 saturated carbocycles. The fourth-order valence-corrected chi connectivity index (χ4v) is 4.00. The molecule has 2 aliphatic rings. The lowest BCUT2D eigenvalue weighted by molar-refractivity contribution is 0.121. The van der Waals surface area contributed by atoms with Crippen LogP contribution in [0.25, 0.3) is 0 Å². The normalized spacial score (nSPS) is 16.1. The van der Waals surface area contributed by atoms with Crippen molar-refractivity contribution in [2.24, 2.45) is 5.10 Å². The summed E-state index contributed by atoms with van der Waals surface area (Å²) < 4.78 is 35.4. The van der Waals surface area contributed by atoms with Gasteiger partial charge in [-0.15, -0.1) is 0 Å². The van der Waals surface area contributed by atoms with Crippen molar-refractivity contribution >= 4 is 24.1 Å². The second-order valence-electron chi connectivity index (χ2n) is 8.65. The summed E-state index contributed by atoms with van der Waals surface area (Å²) in [5.41, 5.74) is 4.59. The Labute approximate surface area is 220 Å².